The summed E-state index contributed by atoms with van der Waals surface area (Å²) < 4.78 is 13.6. The van der Waals surface area contributed by atoms with Gasteiger partial charge in [0, 0.05) is 6.61 Å². The molecule has 0 spiro atoms. The van der Waals surface area contributed by atoms with Crippen molar-refractivity contribution in [2.45, 2.75) is 12.5 Å². The number of aliphatic hydroxyl groups is 1. The van der Waals surface area contributed by atoms with E-state index in [2.05, 4.69) is 5.32 Å². The summed E-state index contributed by atoms with van der Waals surface area (Å²) in [4.78, 5) is 12.1. The first-order valence-corrected chi connectivity index (χ1v) is 6.43. The predicted octanol–water partition coefficient (Wildman–Crippen LogP) is 2.68. The van der Waals surface area contributed by atoms with Gasteiger partial charge in [0.2, 0.25) is 0 Å². The van der Waals surface area contributed by atoms with E-state index in [0.29, 0.717) is 6.42 Å². The topological polar surface area (TPSA) is 49.3 Å². The molecule has 2 aromatic carbocycles. The molecule has 2 aromatic rings. The second-order valence-electron chi connectivity index (χ2n) is 4.43. The van der Waals surface area contributed by atoms with Gasteiger partial charge in [0.15, 0.2) is 0 Å². The second kappa shape index (κ2) is 6.82. The summed E-state index contributed by atoms with van der Waals surface area (Å²) in [6.07, 6.45) is 0.379. The highest BCUT2D eigenvalue weighted by Crippen LogP contribution is 2.17. The fraction of sp³-hybridized carbons (Fsp3) is 0.188. The average Bonchev–Trinajstić information content (AvgIpc) is 2.48. The van der Waals surface area contributed by atoms with E-state index in [1.807, 2.05) is 30.3 Å². The third-order valence-corrected chi connectivity index (χ3v) is 3.04. The van der Waals surface area contributed by atoms with Gasteiger partial charge in [-0.25, -0.2) is 4.39 Å². The molecule has 0 saturated heterocycles. The molecule has 0 radical (unpaired) electrons. The third-order valence-electron chi connectivity index (χ3n) is 3.04. The second-order valence-corrected chi connectivity index (χ2v) is 4.43. The van der Waals surface area contributed by atoms with Crippen molar-refractivity contribution >= 4 is 5.91 Å². The summed E-state index contributed by atoms with van der Waals surface area (Å²) in [6.45, 7) is -0.0584. The molecule has 0 aliphatic carbocycles. The lowest BCUT2D eigenvalue weighted by atomic mass is 10.0. The average molecular weight is 273 g/mol. The van der Waals surface area contributed by atoms with Crippen molar-refractivity contribution in [2.75, 3.05) is 6.61 Å². The number of carbonyl (C=O) groups is 1. The zero-order chi connectivity index (χ0) is 14.4. The zero-order valence-corrected chi connectivity index (χ0v) is 10.9. The van der Waals surface area contributed by atoms with Gasteiger partial charge in [-0.1, -0.05) is 42.5 Å². The Kier molecular flexibility index (Phi) is 4.85. The third kappa shape index (κ3) is 3.42. The smallest absolute Gasteiger partial charge is 0.254 e. The van der Waals surface area contributed by atoms with Gasteiger partial charge in [0.25, 0.3) is 5.91 Å². The summed E-state index contributed by atoms with van der Waals surface area (Å²) in [5.74, 6) is -1.04. The molecule has 20 heavy (non-hydrogen) atoms. The van der Waals surface area contributed by atoms with Crippen LogP contribution in [-0.4, -0.2) is 17.6 Å². The molecule has 2 rings (SSSR count). The number of carbonyl (C=O) groups excluding carboxylic acids is 1. The Morgan fingerprint density at radius 2 is 1.75 bits per heavy atom. The van der Waals surface area contributed by atoms with E-state index in [4.69, 9.17) is 5.11 Å². The first-order chi connectivity index (χ1) is 9.72. The van der Waals surface area contributed by atoms with Crippen molar-refractivity contribution in [1.82, 2.24) is 5.32 Å². The van der Waals surface area contributed by atoms with Crippen molar-refractivity contribution in [2.24, 2.45) is 0 Å². The van der Waals surface area contributed by atoms with Gasteiger partial charge in [0.05, 0.1) is 11.6 Å². The van der Waals surface area contributed by atoms with Crippen LogP contribution in [0.4, 0.5) is 4.39 Å². The highest BCUT2D eigenvalue weighted by atomic mass is 19.1. The molecule has 4 heteroatoms. The Labute approximate surface area is 117 Å². The monoisotopic (exact) mass is 273 g/mol. The standard InChI is InChI=1S/C16H16FNO2/c17-14-9-5-4-8-13(14)16(20)18-15(10-11-19)12-6-2-1-3-7-12/h1-9,15,19H,10-11H2,(H,18,20). The van der Waals surface area contributed by atoms with Crippen LogP contribution in [0.5, 0.6) is 0 Å². The number of rotatable bonds is 5. The SMILES string of the molecule is O=C(NC(CCO)c1ccccc1)c1ccccc1F. The Bertz CT molecular complexity index is 572. The number of hydrogen-bond donors (Lipinski definition) is 2. The minimum atomic E-state index is -0.555. The van der Waals surface area contributed by atoms with Gasteiger partial charge < -0.3 is 10.4 Å². The molecule has 0 aromatic heterocycles. The molecule has 0 saturated carbocycles. The van der Waals surface area contributed by atoms with E-state index in [1.165, 1.54) is 18.2 Å². The summed E-state index contributed by atoms with van der Waals surface area (Å²) in [5.41, 5.74) is 0.887. The molecule has 2 N–H and O–H groups in total. The molecule has 0 bridgehead atoms. The minimum Gasteiger partial charge on any atom is -0.396 e. The lowest BCUT2D eigenvalue weighted by Gasteiger charge is -2.18. The maximum Gasteiger partial charge on any atom is 0.254 e. The van der Waals surface area contributed by atoms with E-state index in [-0.39, 0.29) is 18.2 Å². The lowest BCUT2D eigenvalue weighted by molar-refractivity contribution is 0.0926. The first kappa shape index (κ1) is 14.2. The number of halogens is 1. The molecule has 104 valence electrons. The summed E-state index contributed by atoms with van der Waals surface area (Å²) >= 11 is 0. The van der Waals surface area contributed by atoms with Crippen molar-refractivity contribution in [3.63, 3.8) is 0 Å². The minimum absolute atomic E-state index is 0.00590. The maximum absolute atomic E-state index is 13.6. The zero-order valence-electron chi connectivity index (χ0n) is 10.9. The van der Waals surface area contributed by atoms with Crippen molar-refractivity contribution in [1.29, 1.82) is 0 Å². The molecule has 1 atom stereocenters. The Morgan fingerprint density at radius 1 is 1.10 bits per heavy atom. The van der Waals surface area contributed by atoms with Crippen molar-refractivity contribution in [3.8, 4) is 0 Å². The molecule has 0 heterocycles. The van der Waals surface area contributed by atoms with E-state index >= 15 is 0 Å². The van der Waals surface area contributed by atoms with Crippen LogP contribution in [0, 0.1) is 5.82 Å². The van der Waals surface area contributed by atoms with Gasteiger partial charge in [-0.2, -0.15) is 0 Å². The molecular formula is C16H16FNO2. The number of nitrogens with one attached hydrogen (secondary N) is 1. The largest absolute Gasteiger partial charge is 0.396 e. The van der Waals surface area contributed by atoms with E-state index in [9.17, 15) is 9.18 Å². The lowest BCUT2D eigenvalue weighted by Crippen LogP contribution is -2.29. The van der Waals surface area contributed by atoms with Gasteiger partial charge in [-0.15, -0.1) is 0 Å². The van der Waals surface area contributed by atoms with E-state index in [0.717, 1.165) is 5.56 Å². The fourth-order valence-electron chi connectivity index (χ4n) is 2.02. The first-order valence-electron chi connectivity index (χ1n) is 6.43. The molecular weight excluding hydrogens is 257 g/mol. The molecule has 1 unspecified atom stereocenters. The molecule has 0 aliphatic heterocycles. The van der Waals surface area contributed by atoms with Crippen LogP contribution in [0.25, 0.3) is 0 Å². The maximum atomic E-state index is 13.6. The number of aliphatic hydroxyl groups excluding tert-OH is 1. The van der Waals surface area contributed by atoms with Gasteiger partial charge in [-0.05, 0) is 24.1 Å². The Morgan fingerprint density at radius 3 is 2.40 bits per heavy atom. The van der Waals surface area contributed by atoms with Gasteiger partial charge >= 0.3 is 0 Å². The van der Waals surface area contributed by atoms with Crippen LogP contribution in [0.1, 0.15) is 28.4 Å². The summed E-state index contributed by atoms with van der Waals surface area (Å²) in [5, 5.41) is 11.9. The van der Waals surface area contributed by atoms with Crippen LogP contribution in [0.2, 0.25) is 0 Å². The predicted molar refractivity (Wildman–Crippen MR) is 74.8 cm³/mol. The highest BCUT2D eigenvalue weighted by molar-refractivity contribution is 5.94. The molecule has 0 fully saturated rings. The van der Waals surface area contributed by atoms with Crippen LogP contribution < -0.4 is 5.32 Å². The van der Waals surface area contributed by atoms with Crippen LogP contribution >= 0.6 is 0 Å². The van der Waals surface area contributed by atoms with Crippen molar-refractivity contribution in [3.05, 3.63) is 71.5 Å². The van der Waals surface area contributed by atoms with E-state index in [1.54, 1.807) is 6.07 Å². The van der Waals surface area contributed by atoms with Gasteiger partial charge in [-0.3, -0.25) is 4.79 Å². The van der Waals surface area contributed by atoms with Crippen LogP contribution in [-0.2, 0) is 0 Å². The van der Waals surface area contributed by atoms with Crippen LogP contribution in [0.15, 0.2) is 54.6 Å². The van der Waals surface area contributed by atoms with Crippen molar-refractivity contribution < 1.29 is 14.3 Å². The quantitative estimate of drug-likeness (QED) is 0.880. The number of amides is 1. The number of benzene rings is 2. The highest BCUT2D eigenvalue weighted by Gasteiger charge is 2.17. The van der Waals surface area contributed by atoms with Gasteiger partial charge in [0.1, 0.15) is 5.82 Å². The van der Waals surface area contributed by atoms with Crippen LogP contribution in [0.3, 0.4) is 0 Å². The number of hydrogen-bond acceptors (Lipinski definition) is 2. The molecule has 1 amide bonds. The summed E-state index contributed by atoms with van der Waals surface area (Å²) in [7, 11) is 0. The Hall–Kier alpha value is -2.20. The summed E-state index contributed by atoms with van der Waals surface area (Å²) in [6, 6.07) is 14.8. The molecule has 0 aliphatic rings. The molecule has 3 nitrogen and oxygen atoms in total. The van der Waals surface area contributed by atoms with E-state index < -0.39 is 11.7 Å². The normalized spacial score (nSPS) is 11.9. The fourth-order valence-corrected chi connectivity index (χ4v) is 2.02. The Balaban J connectivity index is 2.17.